The highest BCUT2D eigenvalue weighted by atomic mass is 16.5. The Labute approximate surface area is 117 Å². The van der Waals surface area contributed by atoms with E-state index in [0.717, 1.165) is 5.56 Å². The number of methoxy groups -OCH3 is 1. The summed E-state index contributed by atoms with van der Waals surface area (Å²) in [5.41, 5.74) is 0.877. The van der Waals surface area contributed by atoms with E-state index in [9.17, 15) is 4.79 Å². The highest BCUT2D eigenvalue weighted by molar-refractivity contribution is 5.71. The van der Waals surface area contributed by atoms with Crippen LogP contribution in [0.25, 0.3) is 11.5 Å². The number of ether oxygens (including phenoxy) is 1. The molecule has 1 aromatic heterocycles. The van der Waals surface area contributed by atoms with Gasteiger partial charge in [-0.2, -0.15) is 0 Å². The third-order valence-corrected chi connectivity index (χ3v) is 2.87. The molecule has 0 aliphatic heterocycles. The molecule has 1 heterocycles. The predicted octanol–water partition coefficient (Wildman–Crippen LogP) is 1.73. The van der Waals surface area contributed by atoms with Crippen molar-refractivity contribution in [3.8, 4) is 11.5 Å². The average molecular weight is 275 g/mol. The van der Waals surface area contributed by atoms with Crippen molar-refractivity contribution in [2.75, 3.05) is 20.2 Å². The van der Waals surface area contributed by atoms with Crippen LogP contribution < -0.4 is 0 Å². The lowest BCUT2D eigenvalue weighted by molar-refractivity contribution is -0.142. The summed E-state index contributed by atoms with van der Waals surface area (Å²) in [4.78, 5) is 13.1. The topological polar surface area (TPSA) is 68.5 Å². The van der Waals surface area contributed by atoms with Crippen LogP contribution in [0.5, 0.6) is 0 Å². The standard InChI is InChI=1S/C14H17N3O3/c1-3-17(10-13(18)19-2)9-12-15-16-14(20-12)11-7-5-4-6-8-11/h4-8H,3,9-10H2,1-2H3. The maximum absolute atomic E-state index is 11.3. The third-order valence-electron chi connectivity index (χ3n) is 2.87. The zero-order valence-corrected chi connectivity index (χ0v) is 11.6. The Hall–Kier alpha value is -2.21. The predicted molar refractivity (Wildman–Crippen MR) is 72.7 cm³/mol. The molecule has 0 bridgehead atoms. The minimum atomic E-state index is -0.283. The molecular formula is C14H17N3O3. The molecule has 0 amide bonds. The zero-order chi connectivity index (χ0) is 14.4. The van der Waals surface area contributed by atoms with Gasteiger partial charge in [0.05, 0.1) is 20.2 Å². The Morgan fingerprint density at radius 1 is 1.30 bits per heavy atom. The van der Waals surface area contributed by atoms with Crippen LogP contribution in [0.15, 0.2) is 34.7 Å². The fourth-order valence-electron chi connectivity index (χ4n) is 1.73. The van der Waals surface area contributed by atoms with E-state index < -0.39 is 0 Å². The van der Waals surface area contributed by atoms with E-state index in [-0.39, 0.29) is 12.5 Å². The molecule has 0 N–H and O–H groups in total. The summed E-state index contributed by atoms with van der Waals surface area (Å²) < 4.78 is 10.2. The van der Waals surface area contributed by atoms with Crippen molar-refractivity contribution in [2.45, 2.75) is 13.5 Å². The summed E-state index contributed by atoms with van der Waals surface area (Å²) in [6, 6.07) is 9.56. The van der Waals surface area contributed by atoms with Gasteiger partial charge >= 0.3 is 5.97 Å². The number of carbonyl (C=O) groups excluding carboxylic acids is 1. The first-order valence-electron chi connectivity index (χ1n) is 6.40. The highest BCUT2D eigenvalue weighted by Gasteiger charge is 2.14. The van der Waals surface area contributed by atoms with Crippen LogP contribution in [0, 0.1) is 0 Å². The Morgan fingerprint density at radius 2 is 2.05 bits per heavy atom. The van der Waals surface area contributed by atoms with Gasteiger partial charge in [0.2, 0.25) is 11.8 Å². The largest absolute Gasteiger partial charge is 0.468 e. The van der Waals surface area contributed by atoms with Crippen molar-refractivity contribution in [1.82, 2.24) is 15.1 Å². The van der Waals surface area contributed by atoms with Crippen LogP contribution in [0.3, 0.4) is 0 Å². The fraction of sp³-hybridized carbons (Fsp3) is 0.357. The molecule has 0 spiro atoms. The van der Waals surface area contributed by atoms with Gasteiger partial charge in [-0.25, -0.2) is 0 Å². The first-order chi connectivity index (χ1) is 9.72. The second-order valence-electron chi connectivity index (χ2n) is 4.25. The smallest absolute Gasteiger partial charge is 0.319 e. The maximum Gasteiger partial charge on any atom is 0.319 e. The molecule has 2 aromatic rings. The fourth-order valence-corrected chi connectivity index (χ4v) is 1.73. The number of rotatable bonds is 6. The van der Waals surface area contributed by atoms with Crippen molar-refractivity contribution in [3.63, 3.8) is 0 Å². The minimum absolute atomic E-state index is 0.204. The Bertz CT molecular complexity index is 554. The number of carbonyl (C=O) groups is 1. The molecule has 0 atom stereocenters. The van der Waals surface area contributed by atoms with Gasteiger partial charge in [0, 0.05) is 5.56 Å². The average Bonchev–Trinajstić information content (AvgIpc) is 2.95. The number of benzene rings is 1. The van der Waals surface area contributed by atoms with Gasteiger partial charge in [-0.15, -0.1) is 10.2 Å². The van der Waals surface area contributed by atoms with Crippen LogP contribution in [0.2, 0.25) is 0 Å². The molecule has 0 radical (unpaired) electrons. The Kier molecular flexibility index (Phi) is 4.84. The second-order valence-corrected chi connectivity index (χ2v) is 4.25. The van der Waals surface area contributed by atoms with E-state index in [1.807, 2.05) is 42.2 Å². The summed E-state index contributed by atoms with van der Waals surface area (Å²) in [6.07, 6.45) is 0. The molecule has 2 rings (SSSR count). The van der Waals surface area contributed by atoms with E-state index in [1.54, 1.807) is 0 Å². The van der Waals surface area contributed by atoms with Gasteiger partial charge in [0.25, 0.3) is 0 Å². The number of hydrogen-bond donors (Lipinski definition) is 0. The lowest BCUT2D eigenvalue weighted by Crippen LogP contribution is -2.30. The lowest BCUT2D eigenvalue weighted by atomic mass is 10.2. The first-order valence-corrected chi connectivity index (χ1v) is 6.40. The molecule has 6 heteroatoms. The van der Waals surface area contributed by atoms with Crippen LogP contribution in [0.1, 0.15) is 12.8 Å². The molecule has 0 aliphatic carbocycles. The van der Waals surface area contributed by atoms with E-state index in [4.69, 9.17) is 4.42 Å². The van der Waals surface area contributed by atoms with Crippen LogP contribution in [0.4, 0.5) is 0 Å². The lowest BCUT2D eigenvalue weighted by Gasteiger charge is -2.16. The monoisotopic (exact) mass is 275 g/mol. The van der Waals surface area contributed by atoms with Gasteiger partial charge in [0.1, 0.15) is 0 Å². The van der Waals surface area contributed by atoms with Crippen LogP contribution in [-0.4, -0.2) is 41.3 Å². The summed E-state index contributed by atoms with van der Waals surface area (Å²) in [5.74, 6) is 0.680. The quantitative estimate of drug-likeness (QED) is 0.748. The van der Waals surface area contributed by atoms with Crippen molar-refractivity contribution >= 4 is 5.97 Å². The summed E-state index contributed by atoms with van der Waals surface area (Å²) in [6.45, 7) is 3.27. The molecule has 0 aliphatic rings. The van der Waals surface area contributed by atoms with E-state index in [1.165, 1.54) is 7.11 Å². The maximum atomic E-state index is 11.3. The van der Waals surface area contributed by atoms with Crippen molar-refractivity contribution in [1.29, 1.82) is 0 Å². The molecular weight excluding hydrogens is 258 g/mol. The summed E-state index contributed by atoms with van der Waals surface area (Å²) in [5, 5.41) is 8.02. The number of aromatic nitrogens is 2. The normalized spacial score (nSPS) is 10.8. The zero-order valence-electron chi connectivity index (χ0n) is 11.6. The molecule has 20 heavy (non-hydrogen) atoms. The summed E-state index contributed by atoms with van der Waals surface area (Å²) in [7, 11) is 1.37. The van der Waals surface area contributed by atoms with E-state index >= 15 is 0 Å². The molecule has 106 valence electrons. The van der Waals surface area contributed by atoms with Crippen molar-refractivity contribution in [2.24, 2.45) is 0 Å². The second kappa shape index (κ2) is 6.81. The molecule has 0 unspecified atom stereocenters. The Balaban J connectivity index is 2.03. The SMILES string of the molecule is CCN(CC(=O)OC)Cc1nnc(-c2ccccc2)o1. The van der Waals surface area contributed by atoms with Gasteiger partial charge in [-0.3, -0.25) is 9.69 Å². The number of hydrogen-bond acceptors (Lipinski definition) is 6. The molecule has 0 saturated carbocycles. The van der Waals surface area contributed by atoms with E-state index in [0.29, 0.717) is 24.9 Å². The highest BCUT2D eigenvalue weighted by Crippen LogP contribution is 2.17. The van der Waals surface area contributed by atoms with Crippen molar-refractivity contribution in [3.05, 3.63) is 36.2 Å². The molecule has 1 aromatic carbocycles. The molecule has 6 nitrogen and oxygen atoms in total. The van der Waals surface area contributed by atoms with Gasteiger partial charge < -0.3 is 9.15 Å². The van der Waals surface area contributed by atoms with Gasteiger partial charge in [0.15, 0.2) is 0 Å². The summed E-state index contributed by atoms with van der Waals surface area (Å²) >= 11 is 0. The van der Waals surface area contributed by atoms with Crippen LogP contribution in [-0.2, 0) is 16.1 Å². The van der Waals surface area contributed by atoms with Gasteiger partial charge in [-0.1, -0.05) is 25.1 Å². The van der Waals surface area contributed by atoms with Crippen LogP contribution >= 0.6 is 0 Å². The van der Waals surface area contributed by atoms with Gasteiger partial charge in [-0.05, 0) is 18.7 Å². The minimum Gasteiger partial charge on any atom is -0.468 e. The third kappa shape index (κ3) is 3.64. The molecule has 0 saturated heterocycles. The Morgan fingerprint density at radius 3 is 2.70 bits per heavy atom. The number of esters is 1. The first kappa shape index (κ1) is 14.2. The molecule has 0 fully saturated rings. The number of nitrogens with zero attached hydrogens (tertiary/aromatic N) is 3. The van der Waals surface area contributed by atoms with Crippen molar-refractivity contribution < 1.29 is 13.9 Å². The van der Waals surface area contributed by atoms with E-state index in [2.05, 4.69) is 14.9 Å². The number of likely N-dealkylation sites (N-methyl/N-ethyl adjacent to an activating group) is 1.